The standard InChI is InChI=1S/C12H13NO2/c1-8-2-4-9(5-3-8)12-11-10(6-14-12)7-15-13-11/h2-5,10,12H,6-7H2,1H3/t10-,12-/m0/s1. The summed E-state index contributed by atoms with van der Waals surface area (Å²) in [5.41, 5.74) is 3.49. The molecule has 2 aliphatic heterocycles. The van der Waals surface area contributed by atoms with Crippen molar-refractivity contribution in [2.75, 3.05) is 13.2 Å². The van der Waals surface area contributed by atoms with Gasteiger partial charge in [0.05, 0.1) is 18.2 Å². The van der Waals surface area contributed by atoms with Crippen LogP contribution in [0.2, 0.25) is 0 Å². The molecule has 0 N–H and O–H groups in total. The van der Waals surface area contributed by atoms with E-state index in [0.29, 0.717) is 12.5 Å². The minimum absolute atomic E-state index is 0.0121. The van der Waals surface area contributed by atoms with Crippen LogP contribution < -0.4 is 0 Å². The fraction of sp³-hybridized carbons (Fsp3) is 0.417. The lowest BCUT2D eigenvalue weighted by atomic mass is 9.98. The van der Waals surface area contributed by atoms with Crippen LogP contribution in [0, 0.1) is 12.8 Å². The van der Waals surface area contributed by atoms with E-state index in [1.54, 1.807) is 0 Å². The number of ether oxygens (including phenoxy) is 1. The highest BCUT2D eigenvalue weighted by molar-refractivity contribution is 5.93. The van der Waals surface area contributed by atoms with E-state index in [0.717, 1.165) is 12.3 Å². The van der Waals surface area contributed by atoms with Crippen molar-refractivity contribution in [1.82, 2.24) is 0 Å². The van der Waals surface area contributed by atoms with E-state index in [9.17, 15) is 0 Å². The summed E-state index contributed by atoms with van der Waals surface area (Å²) in [5, 5.41) is 4.07. The highest BCUT2D eigenvalue weighted by atomic mass is 16.6. The Morgan fingerprint density at radius 1 is 1.20 bits per heavy atom. The Kier molecular flexibility index (Phi) is 1.99. The fourth-order valence-electron chi connectivity index (χ4n) is 2.06. The topological polar surface area (TPSA) is 30.8 Å². The van der Waals surface area contributed by atoms with Gasteiger partial charge in [-0.3, -0.25) is 0 Å². The quantitative estimate of drug-likeness (QED) is 0.699. The van der Waals surface area contributed by atoms with Crippen LogP contribution in [0.1, 0.15) is 17.2 Å². The molecule has 2 heterocycles. The molecule has 0 aliphatic carbocycles. The van der Waals surface area contributed by atoms with Crippen molar-refractivity contribution in [3.8, 4) is 0 Å². The van der Waals surface area contributed by atoms with Crippen molar-refractivity contribution in [1.29, 1.82) is 0 Å². The summed E-state index contributed by atoms with van der Waals surface area (Å²) >= 11 is 0. The Balaban J connectivity index is 1.91. The van der Waals surface area contributed by atoms with Crippen LogP contribution in [0.4, 0.5) is 0 Å². The monoisotopic (exact) mass is 203 g/mol. The molecule has 0 radical (unpaired) electrons. The predicted octanol–water partition coefficient (Wildman–Crippen LogP) is 2.07. The maximum absolute atomic E-state index is 5.74. The van der Waals surface area contributed by atoms with Crippen LogP contribution in [0.5, 0.6) is 0 Å². The van der Waals surface area contributed by atoms with E-state index >= 15 is 0 Å². The first kappa shape index (κ1) is 8.92. The normalized spacial score (nSPS) is 28.5. The molecule has 1 aromatic rings. The van der Waals surface area contributed by atoms with Crippen LogP contribution >= 0.6 is 0 Å². The number of rotatable bonds is 1. The molecule has 0 amide bonds. The predicted molar refractivity (Wildman–Crippen MR) is 56.7 cm³/mol. The Bertz CT molecular complexity index is 397. The summed E-state index contributed by atoms with van der Waals surface area (Å²) in [6, 6.07) is 8.40. The largest absolute Gasteiger partial charge is 0.395 e. The second-order valence-electron chi connectivity index (χ2n) is 4.13. The molecular weight excluding hydrogens is 190 g/mol. The van der Waals surface area contributed by atoms with Gasteiger partial charge in [0.1, 0.15) is 12.7 Å². The Morgan fingerprint density at radius 3 is 2.80 bits per heavy atom. The average Bonchev–Trinajstić information content (AvgIpc) is 2.80. The molecule has 3 rings (SSSR count). The van der Waals surface area contributed by atoms with Crippen LogP contribution in [0.15, 0.2) is 29.4 Å². The summed E-state index contributed by atoms with van der Waals surface area (Å²) in [6.45, 7) is 3.49. The maximum Gasteiger partial charge on any atom is 0.127 e. The third-order valence-corrected chi connectivity index (χ3v) is 2.98. The summed E-state index contributed by atoms with van der Waals surface area (Å²) < 4.78 is 5.74. The van der Waals surface area contributed by atoms with Crippen molar-refractivity contribution in [2.45, 2.75) is 13.0 Å². The maximum atomic E-state index is 5.74. The molecule has 0 unspecified atom stereocenters. The molecular formula is C12H13NO2. The first-order valence-electron chi connectivity index (χ1n) is 5.22. The van der Waals surface area contributed by atoms with Gasteiger partial charge in [0.25, 0.3) is 0 Å². The Hall–Kier alpha value is -1.35. The van der Waals surface area contributed by atoms with Gasteiger partial charge in [0, 0.05) is 0 Å². The first-order chi connectivity index (χ1) is 7.34. The molecule has 2 aliphatic rings. The molecule has 0 bridgehead atoms. The molecule has 0 spiro atoms. The first-order valence-corrected chi connectivity index (χ1v) is 5.22. The number of aryl methyl sites for hydroxylation is 1. The number of benzene rings is 1. The van der Waals surface area contributed by atoms with Crippen molar-refractivity contribution in [3.05, 3.63) is 35.4 Å². The third kappa shape index (κ3) is 1.43. The van der Waals surface area contributed by atoms with Crippen molar-refractivity contribution in [3.63, 3.8) is 0 Å². The number of hydrogen-bond acceptors (Lipinski definition) is 3. The summed E-state index contributed by atoms with van der Waals surface area (Å²) in [7, 11) is 0. The van der Waals surface area contributed by atoms with Crippen LogP contribution in [-0.4, -0.2) is 18.9 Å². The molecule has 78 valence electrons. The van der Waals surface area contributed by atoms with E-state index in [1.165, 1.54) is 11.1 Å². The molecule has 0 aromatic heterocycles. The van der Waals surface area contributed by atoms with Gasteiger partial charge >= 0.3 is 0 Å². The molecule has 3 heteroatoms. The average molecular weight is 203 g/mol. The number of oxime groups is 1. The van der Waals surface area contributed by atoms with Crippen molar-refractivity contribution >= 4 is 5.71 Å². The van der Waals surface area contributed by atoms with Gasteiger partial charge in [-0.05, 0) is 12.5 Å². The summed E-state index contributed by atoms with van der Waals surface area (Å²) in [4.78, 5) is 5.09. The van der Waals surface area contributed by atoms with Gasteiger partial charge in [0.15, 0.2) is 0 Å². The van der Waals surface area contributed by atoms with E-state index < -0.39 is 0 Å². The van der Waals surface area contributed by atoms with Crippen molar-refractivity contribution < 1.29 is 9.57 Å². The number of nitrogens with zero attached hydrogens (tertiary/aromatic N) is 1. The van der Waals surface area contributed by atoms with Crippen LogP contribution in [0.25, 0.3) is 0 Å². The van der Waals surface area contributed by atoms with E-state index in [1.807, 2.05) is 0 Å². The second kappa shape index (κ2) is 3.35. The van der Waals surface area contributed by atoms with E-state index in [2.05, 4.69) is 36.3 Å². The summed E-state index contributed by atoms with van der Waals surface area (Å²) in [5.74, 6) is 0.372. The lowest BCUT2D eigenvalue weighted by Crippen LogP contribution is -2.11. The lowest BCUT2D eigenvalue weighted by molar-refractivity contribution is 0.0792. The zero-order valence-corrected chi connectivity index (χ0v) is 8.64. The molecule has 1 aromatic carbocycles. The summed E-state index contributed by atoms with van der Waals surface area (Å²) in [6.07, 6.45) is 0.0121. The SMILES string of the molecule is Cc1ccc([C@@H]2OC[C@H]3CON=C32)cc1. The molecule has 15 heavy (non-hydrogen) atoms. The third-order valence-electron chi connectivity index (χ3n) is 2.98. The molecule has 0 saturated carbocycles. The zero-order valence-electron chi connectivity index (χ0n) is 8.64. The molecule has 1 fully saturated rings. The smallest absolute Gasteiger partial charge is 0.127 e. The van der Waals surface area contributed by atoms with Crippen LogP contribution in [-0.2, 0) is 9.57 Å². The molecule has 3 nitrogen and oxygen atoms in total. The van der Waals surface area contributed by atoms with Gasteiger partial charge in [-0.2, -0.15) is 0 Å². The highest BCUT2D eigenvalue weighted by Crippen LogP contribution is 2.33. The highest BCUT2D eigenvalue weighted by Gasteiger charge is 2.38. The van der Waals surface area contributed by atoms with Gasteiger partial charge in [-0.25, -0.2) is 0 Å². The van der Waals surface area contributed by atoms with Crippen molar-refractivity contribution in [2.24, 2.45) is 11.1 Å². The number of fused-ring (bicyclic) bond motifs is 1. The lowest BCUT2D eigenvalue weighted by Gasteiger charge is -2.09. The Labute approximate surface area is 88.7 Å². The minimum atomic E-state index is 0.0121. The van der Waals surface area contributed by atoms with Gasteiger partial charge < -0.3 is 9.57 Å². The second-order valence-corrected chi connectivity index (χ2v) is 4.13. The van der Waals surface area contributed by atoms with E-state index in [-0.39, 0.29) is 6.10 Å². The minimum Gasteiger partial charge on any atom is -0.395 e. The fourth-order valence-corrected chi connectivity index (χ4v) is 2.06. The zero-order chi connectivity index (χ0) is 10.3. The molecule has 1 saturated heterocycles. The van der Waals surface area contributed by atoms with Gasteiger partial charge in [-0.1, -0.05) is 35.0 Å². The Morgan fingerprint density at radius 2 is 2.00 bits per heavy atom. The molecule has 2 atom stereocenters. The number of hydrogen-bond donors (Lipinski definition) is 0. The van der Waals surface area contributed by atoms with Gasteiger partial charge in [0.2, 0.25) is 0 Å². The van der Waals surface area contributed by atoms with Gasteiger partial charge in [-0.15, -0.1) is 0 Å². The van der Waals surface area contributed by atoms with E-state index in [4.69, 9.17) is 9.57 Å². The van der Waals surface area contributed by atoms with Crippen LogP contribution in [0.3, 0.4) is 0 Å².